The Morgan fingerprint density at radius 3 is 2.57 bits per heavy atom. The zero-order valence-corrected chi connectivity index (χ0v) is 14.0. The van der Waals surface area contributed by atoms with E-state index in [1.807, 2.05) is 0 Å². The van der Waals surface area contributed by atoms with Gasteiger partial charge in [0.2, 0.25) is 0 Å². The highest BCUT2D eigenvalue weighted by Crippen LogP contribution is 2.32. The van der Waals surface area contributed by atoms with Gasteiger partial charge in [0.25, 0.3) is 0 Å². The minimum atomic E-state index is 0.624. The molecule has 4 saturated heterocycles. The number of morpholine rings is 1. The van der Waals surface area contributed by atoms with E-state index in [2.05, 4.69) is 34.1 Å². The summed E-state index contributed by atoms with van der Waals surface area (Å²) in [5, 5.41) is 0. The standard InChI is InChI=1S/C19H28N2O2/c1-2-4-19(17(3-1)14-20-9-11-22-12-10-20)23-15-18-13-16-5-7-21(18)8-6-16/h1-4,16,18H,5-15H2. The second-order valence-corrected chi connectivity index (χ2v) is 7.18. The van der Waals surface area contributed by atoms with Crippen molar-refractivity contribution in [1.29, 1.82) is 0 Å². The SMILES string of the molecule is c1ccc(OCC2CC3CCN2CC3)c(CN2CCOCC2)c1. The Kier molecular flexibility index (Phi) is 4.83. The first-order valence-corrected chi connectivity index (χ1v) is 9.13. The van der Waals surface area contributed by atoms with E-state index in [1.165, 1.54) is 37.9 Å². The van der Waals surface area contributed by atoms with Gasteiger partial charge < -0.3 is 9.47 Å². The third-order valence-corrected chi connectivity index (χ3v) is 5.67. The Balaban J connectivity index is 1.36. The first-order valence-electron chi connectivity index (χ1n) is 9.13. The summed E-state index contributed by atoms with van der Waals surface area (Å²) in [5.41, 5.74) is 1.31. The van der Waals surface area contributed by atoms with E-state index in [0.29, 0.717) is 6.04 Å². The highest BCUT2D eigenvalue weighted by atomic mass is 16.5. The summed E-state index contributed by atoms with van der Waals surface area (Å²) >= 11 is 0. The van der Waals surface area contributed by atoms with Crippen LogP contribution in [0.3, 0.4) is 0 Å². The first kappa shape index (κ1) is 15.4. The van der Waals surface area contributed by atoms with Gasteiger partial charge in [-0.3, -0.25) is 9.80 Å². The largest absolute Gasteiger partial charge is 0.492 e. The van der Waals surface area contributed by atoms with E-state index in [4.69, 9.17) is 9.47 Å². The zero-order valence-electron chi connectivity index (χ0n) is 14.0. The van der Waals surface area contributed by atoms with Crippen molar-refractivity contribution in [3.05, 3.63) is 29.8 Å². The lowest BCUT2D eigenvalue weighted by Gasteiger charge is -2.45. The van der Waals surface area contributed by atoms with E-state index in [-0.39, 0.29) is 0 Å². The van der Waals surface area contributed by atoms with Crippen molar-refractivity contribution in [2.75, 3.05) is 46.0 Å². The lowest BCUT2D eigenvalue weighted by atomic mass is 9.83. The summed E-state index contributed by atoms with van der Waals surface area (Å²) in [6.45, 7) is 8.09. The van der Waals surface area contributed by atoms with Gasteiger partial charge in [-0.15, -0.1) is 0 Å². The van der Waals surface area contributed by atoms with Crippen LogP contribution in [-0.2, 0) is 11.3 Å². The molecule has 0 aromatic heterocycles. The minimum absolute atomic E-state index is 0.624. The van der Waals surface area contributed by atoms with E-state index in [0.717, 1.165) is 51.1 Å². The third-order valence-electron chi connectivity index (χ3n) is 5.67. The highest BCUT2D eigenvalue weighted by molar-refractivity contribution is 5.33. The number of hydrogen-bond acceptors (Lipinski definition) is 4. The van der Waals surface area contributed by atoms with Crippen LogP contribution in [-0.4, -0.2) is 61.8 Å². The van der Waals surface area contributed by atoms with Crippen molar-refractivity contribution >= 4 is 0 Å². The van der Waals surface area contributed by atoms with Gasteiger partial charge in [0.15, 0.2) is 0 Å². The molecule has 4 heterocycles. The van der Waals surface area contributed by atoms with Crippen LogP contribution in [0, 0.1) is 5.92 Å². The van der Waals surface area contributed by atoms with Gasteiger partial charge in [-0.05, 0) is 44.3 Å². The Bertz CT molecular complexity index is 508. The molecule has 4 nitrogen and oxygen atoms in total. The molecule has 4 aliphatic heterocycles. The van der Waals surface area contributed by atoms with Crippen LogP contribution in [0.25, 0.3) is 0 Å². The monoisotopic (exact) mass is 316 g/mol. The molecule has 1 unspecified atom stereocenters. The van der Waals surface area contributed by atoms with E-state index < -0.39 is 0 Å². The second kappa shape index (κ2) is 7.20. The van der Waals surface area contributed by atoms with Gasteiger partial charge in [-0.2, -0.15) is 0 Å². The van der Waals surface area contributed by atoms with Crippen molar-refractivity contribution < 1.29 is 9.47 Å². The number of ether oxygens (including phenoxy) is 2. The molecule has 0 radical (unpaired) electrons. The summed E-state index contributed by atoms with van der Waals surface area (Å²) in [4.78, 5) is 5.09. The predicted molar refractivity (Wildman–Crippen MR) is 90.7 cm³/mol. The minimum Gasteiger partial charge on any atom is -0.492 e. The molecular weight excluding hydrogens is 288 g/mol. The van der Waals surface area contributed by atoms with Crippen molar-refractivity contribution in [3.8, 4) is 5.75 Å². The van der Waals surface area contributed by atoms with Crippen LogP contribution in [0.4, 0.5) is 0 Å². The molecule has 2 bridgehead atoms. The van der Waals surface area contributed by atoms with Crippen molar-refractivity contribution in [1.82, 2.24) is 9.80 Å². The molecule has 126 valence electrons. The quantitative estimate of drug-likeness (QED) is 0.833. The fourth-order valence-electron chi connectivity index (χ4n) is 4.22. The van der Waals surface area contributed by atoms with E-state index >= 15 is 0 Å². The normalized spacial score (nSPS) is 31.2. The van der Waals surface area contributed by atoms with Crippen LogP contribution >= 0.6 is 0 Å². The molecule has 4 heteroatoms. The number of nitrogens with zero attached hydrogens (tertiary/aromatic N) is 2. The first-order chi connectivity index (χ1) is 11.4. The van der Waals surface area contributed by atoms with Gasteiger partial charge >= 0.3 is 0 Å². The topological polar surface area (TPSA) is 24.9 Å². The second-order valence-electron chi connectivity index (χ2n) is 7.18. The molecule has 1 atom stereocenters. The summed E-state index contributed by atoms with van der Waals surface area (Å²) in [7, 11) is 0. The fraction of sp³-hybridized carbons (Fsp3) is 0.684. The molecule has 1 aromatic rings. The van der Waals surface area contributed by atoms with Crippen molar-refractivity contribution in [3.63, 3.8) is 0 Å². The van der Waals surface area contributed by atoms with Crippen LogP contribution in [0.15, 0.2) is 24.3 Å². The Hall–Kier alpha value is -1.10. The lowest BCUT2D eigenvalue weighted by molar-refractivity contribution is 0.0223. The molecule has 0 aliphatic carbocycles. The molecule has 0 spiro atoms. The molecule has 1 aromatic carbocycles. The van der Waals surface area contributed by atoms with Gasteiger partial charge in [0, 0.05) is 31.2 Å². The zero-order chi connectivity index (χ0) is 15.5. The number of fused-ring (bicyclic) bond motifs is 3. The summed E-state index contributed by atoms with van der Waals surface area (Å²) in [6.07, 6.45) is 4.11. The molecule has 4 fully saturated rings. The highest BCUT2D eigenvalue weighted by Gasteiger charge is 2.33. The van der Waals surface area contributed by atoms with E-state index in [1.54, 1.807) is 0 Å². The van der Waals surface area contributed by atoms with E-state index in [9.17, 15) is 0 Å². The van der Waals surface area contributed by atoms with Crippen LogP contribution < -0.4 is 4.74 Å². The van der Waals surface area contributed by atoms with Crippen molar-refractivity contribution in [2.45, 2.75) is 31.8 Å². The maximum absolute atomic E-state index is 6.27. The molecule has 5 rings (SSSR count). The average molecular weight is 316 g/mol. The fourth-order valence-corrected chi connectivity index (χ4v) is 4.22. The summed E-state index contributed by atoms with van der Waals surface area (Å²) in [5.74, 6) is 2.01. The van der Waals surface area contributed by atoms with Gasteiger partial charge in [-0.25, -0.2) is 0 Å². The Morgan fingerprint density at radius 2 is 1.83 bits per heavy atom. The number of hydrogen-bond donors (Lipinski definition) is 0. The van der Waals surface area contributed by atoms with Gasteiger partial charge in [0.1, 0.15) is 12.4 Å². The molecule has 23 heavy (non-hydrogen) atoms. The molecule has 4 aliphatic rings. The number of para-hydroxylation sites is 1. The maximum atomic E-state index is 6.27. The Labute approximate surface area is 139 Å². The lowest BCUT2D eigenvalue weighted by Crippen LogP contribution is -2.51. The summed E-state index contributed by atoms with van der Waals surface area (Å²) < 4.78 is 11.7. The van der Waals surface area contributed by atoms with Crippen LogP contribution in [0.2, 0.25) is 0 Å². The van der Waals surface area contributed by atoms with Crippen molar-refractivity contribution in [2.24, 2.45) is 5.92 Å². The predicted octanol–water partition coefficient (Wildman–Crippen LogP) is 2.38. The molecule has 0 N–H and O–H groups in total. The van der Waals surface area contributed by atoms with Crippen LogP contribution in [0.5, 0.6) is 5.75 Å². The number of rotatable bonds is 5. The third kappa shape index (κ3) is 3.70. The molecular formula is C19H28N2O2. The van der Waals surface area contributed by atoms with Gasteiger partial charge in [-0.1, -0.05) is 18.2 Å². The smallest absolute Gasteiger partial charge is 0.123 e. The van der Waals surface area contributed by atoms with Gasteiger partial charge in [0.05, 0.1) is 13.2 Å². The number of piperidine rings is 3. The van der Waals surface area contributed by atoms with Crippen LogP contribution in [0.1, 0.15) is 24.8 Å². The Morgan fingerprint density at radius 1 is 1.04 bits per heavy atom. The number of benzene rings is 1. The average Bonchev–Trinajstić information content (AvgIpc) is 2.63. The maximum Gasteiger partial charge on any atom is 0.123 e. The molecule has 0 saturated carbocycles. The molecule has 0 amide bonds. The summed E-state index contributed by atoms with van der Waals surface area (Å²) in [6, 6.07) is 9.17.